The molecule has 13 heavy (non-hydrogen) atoms. The van der Waals surface area contributed by atoms with Gasteiger partial charge in [0.2, 0.25) is 0 Å². The summed E-state index contributed by atoms with van der Waals surface area (Å²) in [5.74, 6) is -0.112. The first kappa shape index (κ1) is 9.40. The van der Waals surface area contributed by atoms with Crippen molar-refractivity contribution in [2.45, 2.75) is 13.8 Å². The highest BCUT2D eigenvalue weighted by atomic mass is 16.1. The van der Waals surface area contributed by atoms with Crippen molar-refractivity contribution < 1.29 is 4.79 Å². The van der Waals surface area contributed by atoms with Crippen molar-refractivity contribution in [2.24, 2.45) is 5.92 Å². The van der Waals surface area contributed by atoms with Crippen LogP contribution in [0, 0.1) is 17.2 Å². The molecule has 1 aromatic heterocycles. The fourth-order valence-corrected chi connectivity index (χ4v) is 0.930. The zero-order chi connectivity index (χ0) is 9.84. The summed E-state index contributed by atoms with van der Waals surface area (Å²) >= 11 is 0. The van der Waals surface area contributed by atoms with Crippen molar-refractivity contribution in [2.75, 3.05) is 0 Å². The fraction of sp³-hybridized carbons (Fsp3) is 0.300. The molecule has 0 fully saturated rings. The van der Waals surface area contributed by atoms with Gasteiger partial charge in [0.25, 0.3) is 0 Å². The minimum absolute atomic E-state index is 0.0305. The first-order valence-electron chi connectivity index (χ1n) is 4.06. The molecule has 0 amide bonds. The molecule has 0 unspecified atom stereocenters. The summed E-state index contributed by atoms with van der Waals surface area (Å²) in [6, 6.07) is 6.77. The third kappa shape index (κ3) is 2.12. The number of pyridine rings is 1. The van der Waals surface area contributed by atoms with E-state index in [2.05, 4.69) is 4.98 Å². The molecule has 1 heterocycles. The van der Waals surface area contributed by atoms with Crippen LogP contribution in [0.1, 0.15) is 30.0 Å². The molecule has 0 radical (unpaired) electrons. The second-order valence-corrected chi connectivity index (χ2v) is 3.04. The maximum Gasteiger partial charge on any atom is 0.183 e. The molecule has 0 aliphatic rings. The van der Waals surface area contributed by atoms with Crippen LogP contribution in [0.15, 0.2) is 18.2 Å². The molecule has 0 N–H and O–H groups in total. The van der Waals surface area contributed by atoms with Gasteiger partial charge in [-0.15, -0.1) is 0 Å². The molecule has 0 saturated carbocycles. The zero-order valence-corrected chi connectivity index (χ0v) is 7.61. The molecular formula is C10H10N2O. The van der Waals surface area contributed by atoms with Crippen LogP contribution in [0.3, 0.4) is 0 Å². The van der Waals surface area contributed by atoms with Crippen LogP contribution in [-0.4, -0.2) is 10.8 Å². The Hall–Kier alpha value is -1.69. The average Bonchev–Trinajstić information content (AvgIpc) is 2.16. The normalized spacial score (nSPS) is 9.69. The van der Waals surface area contributed by atoms with E-state index in [-0.39, 0.29) is 17.4 Å². The Morgan fingerprint density at radius 3 is 2.77 bits per heavy atom. The summed E-state index contributed by atoms with van der Waals surface area (Å²) in [5, 5.41) is 8.56. The third-order valence-corrected chi connectivity index (χ3v) is 1.64. The summed E-state index contributed by atoms with van der Waals surface area (Å²) in [4.78, 5) is 15.3. The lowest BCUT2D eigenvalue weighted by molar-refractivity contribution is 0.0934. The highest BCUT2D eigenvalue weighted by Gasteiger charge is 2.11. The monoisotopic (exact) mass is 174 g/mol. The number of hydrogen-bond donors (Lipinski definition) is 0. The molecule has 3 nitrogen and oxygen atoms in total. The Bertz CT molecular complexity index is 363. The first-order chi connectivity index (χ1) is 6.15. The molecule has 0 aromatic carbocycles. The lowest BCUT2D eigenvalue weighted by Crippen LogP contribution is -2.09. The summed E-state index contributed by atoms with van der Waals surface area (Å²) in [6.07, 6.45) is 0. The van der Waals surface area contributed by atoms with E-state index in [1.807, 2.05) is 19.9 Å². The maximum atomic E-state index is 11.4. The van der Waals surface area contributed by atoms with E-state index in [4.69, 9.17) is 5.26 Å². The maximum absolute atomic E-state index is 11.4. The first-order valence-corrected chi connectivity index (χ1v) is 4.06. The number of hydrogen-bond acceptors (Lipinski definition) is 3. The minimum Gasteiger partial charge on any atom is -0.292 e. The number of rotatable bonds is 2. The average molecular weight is 174 g/mol. The van der Waals surface area contributed by atoms with Gasteiger partial charge in [0.15, 0.2) is 5.78 Å². The van der Waals surface area contributed by atoms with Crippen LogP contribution in [0.25, 0.3) is 0 Å². The van der Waals surface area contributed by atoms with E-state index in [0.29, 0.717) is 5.69 Å². The summed E-state index contributed by atoms with van der Waals surface area (Å²) in [6.45, 7) is 3.62. The third-order valence-electron chi connectivity index (χ3n) is 1.64. The molecule has 66 valence electrons. The molecule has 1 aromatic rings. The van der Waals surface area contributed by atoms with Crippen molar-refractivity contribution in [3.05, 3.63) is 29.6 Å². The van der Waals surface area contributed by atoms with Crippen LogP contribution in [0.2, 0.25) is 0 Å². The molecule has 3 heteroatoms. The molecule has 1 rings (SSSR count). The predicted molar refractivity (Wildman–Crippen MR) is 48.1 cm³/mol. The van der Waals surface area contributed by atoms with Crippen molar-refractivity contribution in [3.8, 4) is 6.07 Å². The van der Waals surface area contributed by atoms with Crippen LogP contribution in [-0.2, 0) is 0 Å². The number of nitriles is 1. The quantitative estimate of drug-likeness (QED) is 0.642. The Labute approximate surface area is 77.0 Å². The van der Waals surface area contributed by atoms with Crippen LogP contribution in [0.4, 0.5) is 0 Å². The van der Waals surface area contributed by atoms with Gasteiger partial charge >= 0.3 is 0 Å². The number of ketones is 1. The highest BCUT2D eigenvalue weighted by Crippen LogP contribution is 2.06. The van der Waals surface area contributed by atoms with Crippen LogP contribution < -0.4 is 0 Å². The van der Waals surface area contributed by atoms with Gasteiger partial charge in [0, 0.05) is 5.92 Å². The predicted octanol–water partition coefficient (Wildman–Crippen LogP) is 1.79. The molecule has 0 spiro atoms. The van der Waals surface area contributed by atoms with Gasteiger partial charge in [-0.1, -0.05) is 19.9 Å². The molecule has 0 aliphatic carbocycles. The van der Waals surface area contributed by atoms with Gasteiger partial charge in [-0.25, -0.2) is 4.98 Å². The van der Waals surface area contributed by atoms with Crippen molar-refractivity contribution >= 4 is 5.78 Å². The second-order valence-electron chi connectivity index (χ2n) is 3.04. The number of nitrogens with zero attached hydrogens (tertiary/aromatic N) is 2. The van der Waals surface area contributed by atoms with Crippen molar-refractivity contribution in [1.29, 1.82) is 5.26 Å². The zero-order valence-electron chi connectivity index (χ0n) is 7.61. The van der Waals surface area contributed by atoms with E-state index in [9.17, 15) is 4.79 Å². The Kier molecular flexibility index (Phi) is 2.76. The molecule has 0 saturated heterocycles. The van der Waals surface area contributed by atoms with Crippen LogP contribution >= 0.6 is 0 Å². The minimum atomic E-state index is -0.0820. The summed E-state index contributed by atoms with van der Waals surface area (Å²) in [5.41, 5.74) is 0.653. The Balaban J connectivity index is 3.04. The van der Waals surface area contributed by atoms with E-state index < -0.39 is 0 Å². The molecular weight excluding hydrogens is 164 g/mol. The largest absolute Gasteiger partial charge is 0.292 e. The number of carbonyl (C=O) groups excluding carboxylic acids is 1. The summed E-state index contributed by atoms with van der Waals surface area (Å²) < 4.78 is 0. The fourth-order valence-electron chi connectivity index (χ4n) is 0.930. The Morgan fingerprint density at radius 2 is 2.23 bits per heavy atom. The molecule has 0 aliphatic heterocycles. The van der Waals surface area contributed by atoms with Crippen molar-refractivity contribution in [1.82, 2.24) is 4.98 Å². The standard InChI is InChI=1S/C10H10N2O/c1-7(2)10(13)9-5-3-4-8(6-11)12-9/h3-5,7H,1-2H3. The van der Waals surface area contributed by atoms with Crippen LogP contribution in [0.5, 0.6) is 0 Å². The number of carbonyl (C=O) groups is 1. The van der Waals surface area contributed by atoms with E-state index >= 15 is 0 Å². The Morgan fingerprint density at radius 1 is 1.54 bits per heavy atom. The molecule has 0 atom stereocenters. The van der Waals surface area contributed by atoms with Gasteiger partial charge in [0.05, 0.1) is 0 Å². The SMILES string of the molecule is CC(C)C(=O)c1cccc(C#N)n1. The second kappa shape index (κ2) is 3.81. The van der Waals surface area contributed by atoms with Gasteiger partial charge in [-0.05, 0) is 12.1 Å². The lowest BCUT2D eigenvalue weighted by Gasteiger charge is -2.02. The van der Waals surface area contributed by atoms with Crippen molar-refractivity contribution in [3.63, 3.8) is 0 Å². The van der Waals surface area contributed by atoms with Gasteiger partial charge in [-0.2, -0.15) is 5.26 Å². The smallest absolute Gasteiger partial charge is 0.183 e. The van der Waals surface area contributed by atoms with Gasteiger partial charge < -0.3 is 0 Å². The number of Topliss-reactive ketones (excluding diaryl/α,β-unsaturated/α-hetero) is 1. The molecule has 0 bridgehead atoms. The van der Waals surface area contributed by atoms with Gasteiger partial charge in [0.1, 0.15) is 17.5 Å². The highest BCUT2D eigenvalue weighted by molar-refractivity contribution is 5.95. The van der Waals surface area contributed by atoms with E-state index in [0.717, 1.165) is 0 Å². The lowest BCUT2D eigenvalue weighted by atomic mass is 10.1. The van der Waals surface area contributed by atoms with Gasteiger partial charge in [-0.3, -0.25) is 4.79 Å². The van der Waals surface area contributed by atoms with E-state index in [1.54, 1.807) is 18.2 Å². The summed E-state index contributed by atoms with van der Waals surface area (Å²) in [7, 11) is 0. The number of aromatic nitrogens is 1. The topological polar surface area (TPSA) is 53.8 Å². The van der Waals surface area contributed by atoms with E-state index in [1.165, 1.54) is 0 Å².